The maximum Gasteiger partial charge on any atom is 0.248 e. The fraction of sp³-hybridized carbons (Fsp3) is 0.167. The van der Waals surface area contributed by atoms with Crippen molar-refractivity contribution in [1.82, 2.24) is 0 Å². The summed E-state index contributed by atoms with van der Waals surface area (Å²) >= 11 is 0. The molecule has 6 nitrogen and oxygen atoms in total. The van der Waals surface area contributed by atoms with Crippen molar-refractivity contribution in [3.63, 3.8) is 0 Å². The van der Waals surface area contributed by atoms with Gasteiger partial charge in [0.05, 0.1) is 24.8 Å². The third-order valence-electron chi connectivity index (χ3n) is 3.40. The zero-order valence-corrected chi connectivity index (χ0v) is 15.0. The molecule has 25 heavy (non-hydrogen) atoms. The molecule has 7 heteroatoms. The molecule has 2 aromatic carbocycles. The molecule has 0 aliphatic heterocycles. The summed E-state index contributed by atoms with van der Waals surface area (Å²) in [5, 5.41) is 2.58. The lowest BCUT2D eigenvalue weighted by Crippen LogP contribution is -2.11. The quantitative estimate of drug-likeness (QED) is 0.800. The van der Waals surface area contributed by atoms with Gasteiger partial charge in [-0.2, -0.15) is 0 Å². The largest absolute Gasteiger partial charge is 0.497 e. The number of carbonyl (C=O) groups excluding carboxylic acids is 1. The average Bonchev–Trinajstić information content (AvgIpc) is 2.59. The molecule has 0 unspecified atom stereocenters. The number of amides is 1. The molecule has 0 heterocycles. The second kappa shape index (κ2) is 7.85. The van der Waals surface area contributed by atoms with E-state index in [0.29, 0.717) is 17.1 Å². The molecule has 0 radical (unpaired) electrons. The Labute approximate surface area is 147 Å². The molecule has 132 valence electrons. The number of para-hydroxylation sites is 1. The molecule has 1 amide bonds. The van der Waals surface area contributed by atoms with Crippen molar-refractivity contribution in [2.45, 2.75) is 4.90 Å². The lowest BCUT2D eigenvalue weighted by molar-refractivity contribution is -0.111. The standard InChI is InChI=1S/C18H19NO5S/c1-23-14-9-10-16(24-2)13(12-14)8-11-18(20)19-15-6-4-5-7-17(15)25(3,21)22/h4-12H,1-3H3,(H,19,20). The highest BCUT2D eigenvalue weighted by Crippen LogP contribution is 2.25. The van der Waals surface area contributed by atoms with E-state index in [-0.39, 0.29) is 10.6 Å². The summed E-state index contributed by atoms with van der Waals surface area (Å²) in [6.45, 7) is 0. The van der Waals surface area contributed by atoms with Crippen LogP contribution in [0.4, 0.5) is 5.69 Å². The van der Waals surface area contributed by atoms with E-state index in [2.05, 4.69) is 5.32 Å². The van der Waals surface area contributed by atoms with Crippen LogP contribution in [0.1, 0.15) is 5.56 Å². The van der Waals surface area contributed by atoms with Crippen LogP contribution in [0.15, 0.2) is 53.4 Å². The van der Waals surface area contributed by atoms with E-state index in [1.165, 1.54) is 25.3 Å². The van der Waals surface area contributed by atoms with Crippen LogP contribution in [0.5, 0.6) is 11.5 Å². The highest BCUT2D eigenvalue weighted by Gasteiger charge is 2.13. The minimum absolute atomic E-state index is 0.0655. The molecule has 0 atom stereocenters. The van der Waals surface area contributed by atoms with E-state index in [4.69, 9.17) is 9.47 Å². The number of rotatable bonds is 6. The van der Waals surface area contributed by atoms with Crippen molar-refractivity contribution < 1.29 is 22.7 Å². The fourth-order valence-electron chi connectivity index (χ4n) is 2.20. The van der Waals surface area contributed by atoms with Crippen LogP contribution >= 0.6 is 0 Å². The predicted molar refractivity (Wildman–Crippen MR) is 96.8 cm³/mol. The van der Waals surface area contributed by atoms with Gasteiger partial charge in [0.1, 0.15) is 11.5 Å². The maximum absolute atomic E-state index is 12.2. The van der Waals surface area contributed by atoms with Gasteiger partial charge in [-0.05, 0) is 36.4 Å². The Hall–Kier alpha value is -2.80. The molecule has 0 spiro atoms. The molecule has 0 saturated carbocycles. The van der Waals surface area contributed by atoms with Gasteiger partial charge >= 0.3 is 0 Å². The van der Waals surface area contributed by atoms with Crippen LogP contribution in [-0.4, -0.2) is 34.8 Å². The van der Waals surface area contributed by atoms with E-state index in [1.807, 2.05) is 0 Å². The number of benzene rings is 2. The van der Waals surface area contributed by atoms with E-state index in [0.717, 1.165) is 6.26 Å². The first-order valence-corrected chi connectivity index (χ1v) is 9.24. The summed E-state index contributed by atoms with van der Waals surface area (Å²) in [4.78, 5) is 12.2. The zero-order valence-electron chi connectivity index (χ0n) is 14.1. The first-order chi connectivity index (χ1) is 11.8. The van der Waals surface area contributed by atoms with Crippen molar-refractivity contribution in [2.24, 2.45) is 0 Å². The molecule has 0 aromatic heterocycles. The number of hydrogen-bond donors (Lipinski definition) is 1. The van der Waals surface area contributed by atoms with Crippen molar-refractivity contribution in [3.05, 3.63) is 54.1 Å². The number of hydrogen-bond acceptors (Lipinski definition) is 5. The fourth-order valence-corrected chi connectivity index (χ4v) is 3.05. The molecular formula is C18H19NO5S. The number of methoxy groups -OCH3 is 2. The van der Waals surface area contributed by atoms with Gasteiger partial charge in [0, 0.05) is 17.9 Å². The van der Waals surface area contributed by atoms with Crippen LogP contribution < -0.4 is 14.8 Å². The summed E-state index contributed by atoms with van der Waals surface area (Å²) in [6, 6.07) is 11.4. The monoisotopic (exact) mass is 361 g/mol. The molecular weight excluding hydrogens is 342 g/mol. The second-order valence-corrected chi connectivity index (χ2v) is 7.18. The van der Waals surface area contributed by atoms with Gasteiger partial charge < -0.3 is 14.8 Å². The normalized spacial score (nSPS) is 11.3. The molecule has 2 rings (SSSR count). The van der Waals surface area contributed by atoms with Crippen molar-refractivity contribution >= 4 is 27.5 Å². The Kier molecular flexibility index (Phi) is 5.82. The average molecular weight is 361 g/mol. The van der Waals surface area contributed by atoms with E-state index in [1.54, 1.807) is 43.5 Å². The number of ether oxygens (including phenoxy) is 2. The minimum Gasteiger partial charge on any atom is -0.497 e. The highest BCUT2D eigenvalue weighted by molar-refractivity contribution is 7.90. The zero-order chi connectivity index (χ0) is 18.4. The Morgan fingerprint density at radius 2 is 1.80 bits per heavy atom. The van der Waals surface area contributed by atoms with Crippen molar-refractivity contribution in [1.29, 1.82) is 0 Å². The van der Waals surface area contributed by atoms with Crippen LogP contribution in [0.25, 0.3) is 6.08 Å². The molecule has 0 fully saturated rings. The van der Waals surface area contributed by atoms with Gasteiger partial charge in [-0.1, -0.05) is 12.1 Å². The summed E-state index contributed by atoms with van der Waals surface area (Å²) < 4.78 is 33.9. The van der Waals surface area contributed by atoms with Gasteiger partial charge in [-0.25, -0.2) is 8.42 Å². The van der Waals surface area contributed by atoms with Crippen molar-refractivity contribution in [2.75, 3.05) is 25.8 Å². The number of nitrogens with one attached hydrogen (secondary N) is 1. The topological polar surface area (TPSA) is 81.7 Å². The van der Waals surface area contributed by atoms with Gasteiger partial charge in [-0.15, -0.1) is 0 Å². The number of carbonyl (C=O) groups is 1. The lowest BCUT2D eigenvalue weighted by atomic mass is 10.1. The molecule has 0 aliphatic carbocycles. The number of sulfone groups is 1. The predicted octanol–water partition coefficient (Wildman–Crippen LogP) is 2.76. The van der Waals surface area contributed by atoms with Gasteiger partial charge in [0.15, 0.2) is 9.84 Å². The molecule has 1 N–H and O–H groups in total. The summed E-state index contributed by atoms with van der Waals surface area (Å²) in [6.07, 6.45) is 3.96. The third-order valence-corrected chi connectivity index (χ3v) is 4.55. The van der Waals surface area contributed by atoms with Crippen LogP contribution in [0.2, 0.25) is 0 Å². The van der Waals surface area contributed by atoms with E-state index in [9.17, 15) is 13.2 Å². The first-order valence-electron chi connectivity index (χ1n) is 7.35. The molecule has 0 aliphatic rings. The van der Waals surface area contributed by atoms with Crippen LogP contribution in [0.3, 0.4) is 0 Å². The summed E-state index contributed by atoms with van der Waals surface area (Å²) in [5.41, 5.74) is 0.894. The third kappa shape index (κ3) is 4.84. The van der Waals surface area contributed by atoms with Crippen LogP contribution in [0, 0.1) is 0 Å². The highest BCUT2D eigenvalue weighted by atomic mass is 32.2. The first kappa shape index (κ1) is 18.5. The van der Waals surface area contributed by atoms with Gasteiger partial charge in [0.25, 0.3) is 0 Å². The lowest BCUT2D eigenvalue weighted by Gasteiger charge is -2.09. The van der Waals surface area contributed by atoms with Gasteiger partial charge in [-0.3, -0.25) is 4.79 Å². The number of anilines is 1. The summed E-state index contributed by atoms with van der Waals surface area (Å²) in [5.74, 6) is 0.755. The molecule has 0 bridgehead atoms. The van der Waals surface area contributed by atoms with E-state index >= 15 is 0 Å². The van der Waals surface area contributed by atoms with Crippen molar-refractivity contribution in [3.8, 4) is 11.5 Å². The minimum atomic E-state index is -3.44. The Morgan fingerprint density at radius 3 is 2.44 bits per heavy atom. The SMILES string of the molecule is COc1ccc(OC)c(C=CC(=O)Nc2ccccc2S(C)(=O)=O)c1. The Balaban J connectivity index is 2.23. The maximum atomic E-state index is 12.2. The second-order valence-electron chi connectivity index (χ2n) is 5.20. The Morgan fingerprint density at radius 1 is 1.08 bits per heavy atom. The summed E-state index contributed by atoms with van der Waals surface area (Å²) in [7, 11) is -0.366. The molecule has 2 aromatic rings. The van der Waals surface area contributed by atoms with E-state index < -0.39 is 15.7 Å². The van der Waals surface area contributed by atoms with Crippen LogP contribution in [-0.2, 0) is 14.6 Å². The van der Waals surface area contributed by atoms with Gasteiger partial charge in [0.2, 0.25) is 5.91 Å². The molecule has 0 saturated heterocycles. The Bertz CT molecular complexity index is 903. The smallest absolute Gasteiger partial charge is 0.248 e.